The fourth-order valence-corrected chi connectivity index (χ4v) is 3.36. The van der Waals surface area contributed by atoms with Gasteiger partial charge in [0.25, 0.3) is 0 Å². The van der Waals surface area contributed by atoms with Crippen molar-refractivity contribution < 1.29 is 4.39 Å². The van der Waals surface area contributed by atoms with Crippen LogP contribution < -0.4 is 0 Å². The molecular formula is C30H29F. The number of halogens is 1. The molecule has 0 saturated heterocycles. The maximum atomic E-state index is 14.3. The Balaban J connectivity index is 1.63. The van der Waals surface area contributed by atoms with Gasteiger partial charge in [-0.05, 0) is 78.9 Å². The van der Waals surface area contributed by atoms with Crippen molar-refractivity contribution in [3.63, 3.8) is 0 Å². The lowest BCUT2D eigenvalue weighted by molar-refractivity contribution is 0.619. The van der Waals surface area contributed by atoms with E-state index in [0.717, 1.165) is 47.9 Å². The fraction of sp³-hybridized carbons (Fsp3) is 0.267. The minimum absolute atomic E-state index is 0.242. The van der Waals surface area contributed by atoms with Gasteiger partial charge < -0.3 is 0 Å². The molecule has 0 amide bonds. The summed E-state index contributed by atoms with van der Waals surface area (Å²) in [4.78, 5) is 0. The van der Waals surface area contributed by atoms with Crippen molar-refractivity contribution in [3.8, 4) is 23.7 Å². The van der Waals surface area contributed by atoms with Crippen molar-refractivity contribution >= 4 is 0 Å². The molecule has 156 valence electrons. The van der Waals surface area contributed by atoms with Crippen molar-refractivity contribution in [2.75, 3.05) is 0 Å². The molecule has 31 heavy (non-hydrogen) atoms. The van der Waals surface area contributed by atoms with Crippen LogP contribution in [0.25, 0.3) is 0 Å². The molecule has 3 aromatic carbocycles. The minimum atomic E-state index is -0.242. The highest BCUT2D eigenvalue weighted by molar-refractivity contribution is 5.48. The Hall–Kier alpha value is -3.29. The molecule has 0 aliphatic heterocycles. The Morgan fingerprint density at radius 1 is 0.581 bits per heavy atom. The van der Waals surface area contributed by atoms with Gasteiger partial charge >= 0.3 is 0 Å². The normalized spacial score (nSPS) is 10.0. The Bertz CT molecular complexity index is 1100. The zero-order valence-corrected chi connectivity index (χ0v) is 18.5. The van der Waals surface area contributed by atoms with E-state index in [4.69, 9.17) is 0 Å². The summed E-state index contributed by atoms with van der Waals surface area (Å²) in [7, 11) is 0. The third kappa shape index (κ3) is 7.16. The Kier molecular flexibility index (Phi) is 8.51. The van der Waals surface area contributed by atoms with Gasteiger partial charge in [0.2, 0.25) is 0 Å². The smallest absolute Gasteiger partial charge is 0.139 e. The topological polar surface area (TPSA) is 0 Å². The molecule has 0 aromatic heterocycles. The number of hydrogen-bond donors (Lipinski definition) is 0. The number of benzene rings is 3. The first-order valence-electron chi connectivity index (χ1n) is 11.2. The molecule has 3 aromatic rings. The highest BCUT2D eigenvalue weighted by Crippen LogP contribution is 2.13. The lowest BCUT2D eigenvalue weighted by atomic mass is 10.0. The summed E-state index contributed by atoms with van der Waals surface area (Å²) in [5, 5.41) is 0. The molecule has 3 rings (SSSR count). The summed E-state index contributed by atoms with van der Waals surface area (Å²) in [6, 6.07) is 21.6. The Morgan fingerprint density at radius 3 is 1.68 bits per heavy atom. The average molecular weight is 409 g/mol. The second kappa shape index (κ2) is 11.8. The van der Waals surface area contributed by atoms with Gasteiger partial charge in [-0.1, -0.05) is 75.0 Å². The van der Waals surface area contributed by atoms with Gasteiger partial charge in [0.1, 0.15) is 5.82 Å². The van der Waals surface area contributed by atoms with Crippen LogP contribution in [0.1, 0.15) is 72.9 Å². The van der Waals surface area contributed by atoms with E-state index in [1.807, 2.05) is 30.3 Å². The second-order valence-corrected chi connectivity index (χ2v) is 7.80. The SMILES string of the molecule is CCCCCc1ccc(C#Cc2ccc(C#Cc3ccc(CCC)cc3)cc2)c(F)c1. The van der Waals surface area contributed by atoms with Gasteiger partial charge in [-0.15, -0.1) is 0 Å². The molecule has 0 heterocycles. The third-order valence-electron chi connectivity index (χ3n) is 5.17. The summed E-state index contributed by atoms with van der Waals surface area (Å²) >= 11 is 0. The first-order valence-corrected chi connectivity index (χ1v) is 11.2. The summed E-state index contributed by atoms with van der Waals surface area (Å²) in [5.74, 6) is 12.2. The van der Waals surface area contributed by atoms with Gasteiger partial charge in [0.05, 0.1) is 5.56 Å². The largest absolute Gasteiger partial charge is 0.206 e. The van der Waals surface area contributed by atoms with Crippen LogP contribution in [0.5, 0.6) is 0 Å². The van der Waals surface area contributed by atoms with Crippen molar-refractivity contribution in [1.29, 1.82) is 0 Å². The number of hydrogen-bond acceptors (Lipinski definition) is 0. The van der Waals surface area contributed by atoms with Gasteiger partial charge in [-0.3, -0.25) is 0 Å². The van der Waals surface area contributed by atoms with Crippen LogP contribution in [0, 0.1) is 29.5 Å². The molecule has 0 fully saturated rings. The molecule has 0 nitrogen and oxygen atoms in total. The van der Waals surface area contributed by atoms with Gasteiger partial charge in [0, 0.05) is 16.7 Å². The van der Waals surface area contributed by atoms with E-state index < -0.39 is 0 Å². The molecule has 0 aliphatic carbocycles. The lowest BCUT2D eigenvalue weighted by Crippen LogP contribution is -1.90. The third-order valence-corrected chi connectivity index (χ3v) is 5.17. The van der Waals surface area contributed by atoms with E-state index in [2.05, 4.69) is 61.8 Å². The Morgan fingerprint density at radius 2 is 1.13 bits per heavy atom. The highest BCUT2D eigenvalue weighted by atomic mass is 19.1. The fourth-order valence-electron chi connectivity index (χ4n) is 3.36. The van der Waals surface area contributed by atoms with Crippen LogP contribution in [0.2, 0.25) is 0 Å². The van der Waals surface area contributed by atoms with E-state index in [9.17, 15) is 4.39 Å². The minimum Gasteiger partial charge on any atom is -0.206 e. The number of aryl methyl sites for hydroxylation is 2. The zero-order valence-electron chi connectivity index (χ0n) is 18.5. The monoisotopic (exact) mass is 408 g/mol. The van der Waals surface area contributed by atoms with Crippen molar-refractivity contribution in [1.82, 2.24) is 0 Å². The molecule has 0 unspecified atom stereocenters. The van der Waals surface area contributed by atoms with Crippen molar-refractivity contribution in [2.45, 2.75) is 52.4 Å². The van der Waals surface area contributed by atoms with E-state index >= 15 is 0 Å². The molecule has 0 N–H and O–H groups in total. The summed E-state index contributed by atoms with van der Waals surface area (Å²) in [5.41, 5.74) is 5.62. The van der Waals surface area contributed by atoms with Gasteiger partial charge in [-0.2, -0.15) is 0 Å². The molecule has 0 spiro atoms. The zero-order chi connectivity index (χ0) is 21.9. The van der Waals surface area contributed by atoms with E-state index in [-0.39, 0.29) is 5.82 Å². The average Bonchev–Trinajstić information content (AvgIpc) is 2.79. The summed E-state index contributed by atoms with van der Waals surface area (Å²) < 4.78 is 14.3. The first kappa shape index (κ1) is 22.4. The second-order valence-electron chi connectivity index (χ2n) is 7.80. The maximum Gasteiger partial charge on any atom is 0.139 e. The van der Waals surface area contributed by atoms with Crippen LogP contribution in [0.4, 0.5) is 4.39 Å². The van der Waals surface area contributed by atoms with Gasteiger partial charge in [0.15, 0.2) is 0 Å². The lowest BCUT2D eigenvalue weighted by Gasteiger charge is -2.02. The van der Waals surface area contributed by atoms with Crippen LogP contribution in [0.15, 0.2) is 66.7 Å². The molecule has 1 heteroatoms. The summed E-state index contributed by atoms with van der Waals surface area (Å²) in [6.07, 6.45) is 6.61. The van der Waals surface area contributed by atoms with Crippen molar-refractivity contribution in [3.05, 3.63) is 106 Å². The molecular weight excluding hydrogens is 379 g/mol. The Labute approximate surface area is 186 Å². The van der Waals surface area contributed by atoms with E-state index in [1.165, 1.54) is 18.4 Å². The molecule has 0 radical (unpaired) electrons. The molecule has 0 saturated carbocycles. The van der Waals surface area contributed by atoms with E-state index in [0.29, 0.717) is 5.56 Å². The van der Waals surface area contributed by atoms with Crippen LogP contribution in [-0.2, 0) is 12.8 Å². The van der Waals surface area contributed by atoms with Crippen LogP contribution in [0.3, 0.4) is 0 Å². The first-order chi connectivity index (χ1) is 15.2. The van der Waals surface area contributed by atoms with Crippen molar-refractivity contribution in [2.24, 2.45) is 0 Å². The molecule has 0 bridgehead atoms. The quantitative estimate of drug-likeness (QED) is 0.296. The standard InChI is InChI=1S/C30H29F/c1-3-5-6-8-28-20-22-29(30(31)23-28)21-19-27-17-15-26(16-18-27)14-13-25-11-9-24(7-4-2)10-12-25/h9-12,15-18,20,22-23H,3-8H2,1-2H3. The van der Waals surface area contributed by atoms with E-state index in [1.54, 1.807) is 12.1 Å². The molecule has 0 aliphatic rings. The predicted molar refractivity (Wildman–Crippen MR) is 128 cm³/mol. The highest BCUT2D eigenvalue weighted by Gasteiger charge is 2.01. The van der Waals surface area contributed by atoms with Gasteiger partial charge in [-0.25, -0.2) is 4.39 Å². The maximum absolute atomic E-state index is 14.3. The van der Waals surface area contributed by atoms with Crippen LogP contribution in [-0.4, -0.2) is 0 Å². The van der Waals surface area contributed by atoms with Crippen LogP contribution >= 0.6 is 0 Å². The summed E-state index contributed by atoms with van der Waals surface area (Å²) in [6.45, 7) is 4.36. The molecule has 0 atom stereocenters. The number of unbranched alkanes of at least 4 members (excludes halogenated alkanes) is 2. The predicted octanol–water partition coefficient (Wildman–Crippen LogP) is 7.31. The number of rotatable bonds is 6.